The number of carbonyl (C=O) groups excluding carboxylic acids is 1. The smallest absolute Gasteiger partial charge is 0.263 e. The molecule has 0 radical (unpaired) electrons. The molecule has 2 aromatic carbocycles. The lowest BCUT2D eigenvalue weighted by Crippen LogP contribution is -2.25. The van der Waals surface area contributed by atoms with Crippen LogP contribution in [0.3, 0.4) is 0 Å². The molecule has 1 atom stereocenters. The van der Waals surface area contributed by atoms with Crippen molar-refractivity contribution in [3.8, 4) is 5.75 Å². The van der Waals surface area contributed by atoms with Crippen molar-refractivity contribution in [2.75, 3.05) is 11.9 Å². The number of fused-ring (bicyclic) bond motifs is 1. The van der Waals surface area contributed by atoms with Crippen LogP contribution in [0.5, 0.6) is 5.75 Å². The molecule has 0 bridgehead atoms. The van der Waals surface area contributed by atoms with Crippen LogP contribution in [0.1, 0.15) is 46.7 Å². The molecular formula is C24H27N3O2. The summed E-state index contributed by atoms with van der Waals surface area (Å²) in [6, 6.07) is 14.5. The number of hydrogen-bond donors (Lipinski definition) is 1. The van der Waals surface area contributed by atoms with E-state index < -0.39 is 0 Å². The standard InChI is InChI=1S/C24H27N3O2/c1-16-11-12-20(13-17(16)2)29-15-23(28)26-24-18(3)14-25-27(24)22-10-6-8-19-7-4-5-9-21(19)22/h4-5,7,9,11-14,22H,6,8,10,15H2,1-3H3,(H,26,28). The molecule has 5 heteroatoms. The second kappa shape index (κ2) is 8.11. The highest BCUT2D eigenvalue weighted by Gasteiger charge is 2.25. The number of rotatable bonds is 5. The van der Waals surface area contributed by atoms with Crippen LogP contribution in [-0.2, 0) is 11.2 Å². The topological polar surface area (TPSA) is 56.1 Å². The number of nitrogens with zero attached hydrogens (tertiary/aromatic N) is 2. The number of nitrogens with one attached hydrogen (secondary N) is 1. The van der Waals surface area contributed by atoms with Crippen LogP contribution in [0.15, 0.2) is 48.7 Å². The normalized spacial score (nSPS) is 15.6. The SMILES string of the molecule is Cc1ccc(OCC(=O)Nc2c(C)cnn2C2CCCc3ccccc32)cc1C. The Hall–Kier alpha value is -3.08. The van der Waals surface area contributed by atoms with Crippen LogP contribution in [0, 0.1) is 20.8 Å². The zero-order valence-electron chi connectivity index (χ0n) is 17.2. The number of anilines is 1. The lowest BCUT2D eigenvalue weighted by molar-refractivity contribution is -0.118. The van der Waals surface area contributed by atoms with E-state index in [0.29, 0.717) is 5.75 Å². The average Bonchev–Trinajstić information content (AvgIpc) is 3.08. The minimum atomic E-state index is -0.183. The minimum Gasteiger partial charge on any atom is -0.484 e. The molecule has 0 fully saturated rings. The lowest BCUT2D eigenvalue weighted by atomic mass is 9.88. The molecule has 0 spiro atoms. The van der Waals surface area contributed by atoms with E-state index >= 15 is 0 Å². The summed E-state index contributed by atoms with van der Waals surface area (Å²) in [6.45, 7) is 6.03. The Morgan fingerprint density at radius 2 is 1.97 bits per heavy atom. The van der Waals surface area contributed by atoms with Crippen LogP contribution in [0.2, 0.25) is 0 Å². The van der Waals surface area contributed by atoms with Gasteiger partial charge < -0.3 is 10.1 Å². The molecular weight excluding hydrogens is 362 g/mol. The second-order valence-corrected chi connectivity index (χ2v) is 7.81. The van der Waals surface area contributed by atoms with E-state index in [1.807, 2.05) is 42.9 Å². The molecule has 1 aliphatic rings. The zero-order chi connectivity index (χ0) is 20.4. The Kier molecular flexibility index (Phi) is 5.38. The van der Waals surface area contributed by atoms with Crippen LogP contribution >= 0.6 is 0 Å². The predicted octanol–water partition coefficient (Wildman–Crippen LogP) is 4.75. The van der Waals surface area contributed by atoms with Gasteiger partial charge in [0.2, 0.25) is 0 Å². The van der Waals surface area contributed by atoms with Gasteiger partial charge in [-0.2, -0.15) is 5.10 Å². The molecule has 29 heavy (non-hydrogen) atoms. The van der Waals surface area contributed by atoms with Crippen molar-refractivity contribution in [2.45, 2.75) is 46.1 Å². The third kappa shape index (κ3) is 4.04. The summed E-state index contributed by atoms with van der Waals surface area (Å²) in [7, 11) is 0. The Morgan fingerprint density at radius 3 is 2.79 bits per heavy atom. The fourth-order valence-corrected chi connectivity index (χ4v) is 3.94. The second-order valence-electron chi connectivity index (χ2n) is 7.81. The number of amides is 1. The van der Waals surface area contributed by atoms with E-state index in [0.717, 1.165) is 36.2 Å². The fraction of sp³-hybridized carbons (Fsp3) is 0.333. The van der Waals surface area contributed by atoms with E-state index in [1.54, 1.807) is 0 Å². The summed E-state index contributed by atoms with van der Waals surface area (Å²) < 4.78 is 7.65. The van der Waals surface area contributed by atoms with Gasteiger partial charge in [-0.1, -0.05) is 30.3 Å². The molecule has 1 aromatic heterocycles. The molecule has 1 unspecified atom stereocenters. The summed E-state index contributed by atoms with van der Waals surface area (Å²) in [5.41, 5.74) is 5.96. The van der Waals surface area contributed by atoms with Gasteiger partial charge in [0.25, 0.3) is 5.91 Å². The molecule has 1 amide bonds. The van der Waals surface area contributed by atoms with Crippen molar-refractivity contribution < 1.29 is 9.53 Å². The molecule has 1 aliphatic carbocycles. The molecule has 1 heterocycles. The third-order valence-electron chi connectivity index (χ3n) is 5.72. The molecule has 0 saturated carbocycles. The van der Waals surface area contributed by atoms with E-state index in [9.17, 15) is 4.79 Å². The Balaban J connectivity index is 1.49. The summed E-state index contributed by atoms with van der Waals surface area (Å²) in [4.78, 5) is 12.6. The Morgan fingerprint density at radius 1 is 1.14 bits per heavy atom. The van der Waals surface area contributed by atoms with Crippen molar-refractivity contribution in [3.63, 3.8) is 0 Å². The lowest BCUT2D eigenvalue weighted by Gasteiger charge is -2.27. The van der Waals surface area contributed by atoms with Gasteiger partial charge in [-0.15, -0.1) is 0 Å². The number of aromatic nitrogens is 2. The van der Waals surface area contributed by atoms with Crippen molar-refractivity contribution in [1.29, 1.82) is 0 Å². The summed E-state index contributed by atoms with van der Waals surface area (Å²) in [6.07, 6.45) is 5.04. The van der Waals surface area contributed by atoms with Gasteiger partial charge in [0.15, 0.2) is 6.61 Å². The first-order valence-corrected chi connectivity index (χ1v) is 10.1. The van der Waals surface area contributed by atoms with Crippen LogP contribution in [0.25, 0.3) is 0 Å². The highest BCUT2D eigenvalue weighted by molar-refractivity contribution is 5.91. The first-order valence-electron chi connectivity index (χ1n) is 10.1. The quantitative estimate of drug-likeness (QED) is 0.685. The summed E-state index contributed by atoms with van der Waals surface area (Å²) >= 11 is 0. The molecule has 0 saturated heterocycles. The first-order chi connectivity index (χ1) is 14.0. The summed E-state index contributed by atoms with van der Waals surface area (Å²) in [5, 5.41) is 7.61. The molecule has 3 aromatic rings. The number of benzene rings is 2. The van der Waals surface area contributed by atoms with Gasteiger partial charge >= 0.3 is 0 Å². The van der Waals surface area contributed by atoms with E-state index in [4.69, 9.17) is 4.74 Å². The Bertz CT molecular complexity index is 1040. The monoisotopic (exact) mass is 389 g/mol. The largest absolute Gasteiger partial charge is 0.484 e. The maximum Gasteiger partial charge on any atom is 0.263 e. The van der Waals surface area contributed by atoms with Gasteiger partial charge in [0.05, 0.1) is 12.2 Å². The molecule has 1 N–H and O–H groups in total. The van der Waals surface area contributed by atoms with Crippen molar-refractivity contribution >= 4 is 11.7 Å². The highest BCUT2D eigenvalue weighted by atomic mass is 16.5. The number of carbonyl (C=O) groups is 1. The summed E-state index contributed by atoms with van der Waals surface area (Å²) in [5.74, 6) is 1.27. The van der Waals surface area contributed by atoms with Gasteiger partial charge in [0.1, 0.15) is 11.6 Å². The fourth-order valence-electron chi connectivity index (χ4n) is 3.94. The third-order valence-corrected chi connectivity index (χ3v) is 5.72. The number of aryl methyl sites for hydroxylation is 4. The first kappa shape index (κ1) is 19.2. The van der Waals surface area contributed by atoms with Crippen molar-refractivity contribution in [1.82, 2.24) is 9.78 Å². The average molecular weight is 389 g/mol. The Labute approximate surface area is 171 Å². The van der Waals surface area contributed by atoms with Gasteiger partial charge in [-0.05, 0) is 74.4 Å². The molecule has 4 rings (SSSR count). The number of hydrogen-bond acceptors (Lipinski definition) is 3. The van der Waals surface area contributed by atoms with Crippen LogP contribution < -0.4 is 10.1 Å². The highest BCUT2D eigenvalue weighted by Crippen LogP contribution is 2.35. The van der Waals surface area contributed by atoms with E-state index in [2.05, 4.69) is 41.6 Å². The number of ether oxygens (including phenoxy) is 1. The predicted molar refractivity (Wildman–Crippen MR) is 115 cm³/mol. The van der Waals surface area contributed by atoms with Crippen molar-refractivity contribution in [3.05, 3.63) is 76.5 Å². The van der Waals surface area contributed by atoms with Crippen LogP contribution in [-0.4, -0.2) is 22.3 Å². The van der Waals surface area contributed by atoms with Gasteiger partial charge in [0, 0.05) is 5.56 Å². The van der Waals surface area contributed by atoms with E-state index in [-0.39, 0.29) is 18.6 Å². The molecule has 0 aliphatic heterocycles. The van der Waals surface area contributed by atoms with E-state index in [1.165, 1.54) is 16.7 Å². The van der Waals surface area contributed by atoms with Crippen molar-refractivity contribution in [2.24, 2.45) is 0 Å². The minimum absolute atomic E-state index is 0.0334. The van der Waals surface area contributed by atoms with Gasteiger partial charge in [-0.25, -0.2) is 4.68 Å². The molecule has 150 valence electrons. The maximum absolute atomic E-state index is 12.6. The molecule has 5 nitrogen and oxygen atoms in total. The van der Waals surface area contributed by atoms with Gasteiger partial charge in [-0.3, -0.25) is 4.79 Å². The maximum atomic E-state index is 12.6. The van der Waals surface area contributed by atoms with Crippen LogP contribution in [0.4, 0.5) is 5.82 Å². The zero-order valence-corrected chi connectivity index (χ0v) is 17.2.